The van der Waals surface area contributed by atoms with Crippen LogP contribution in [0.1, 0.15) is 42.3 Å². The topological polar surface area (TPSA) is 125 Å². The van der Waals surface area contributed by atoms with Gasteiger partial charge < -0.3 is 20.2 Å². The van der Waals surface area contributed by atoms with Gasteiger partial charge in [-0.3, -0.25) is 0 Å². The first-order valence-corrected chi connectivity index (χ1v) is 7.41. The zero-order chi connectivity index (χ0) is 18.0. The minimum atomic E-state index is -0.735. The lowest BCUT2D eigenvalue weighted by molar-refractivity contribution is -0.139. The Labute approximate surface area is 140 Å². The van der Waals surface area contributed by atoms with Crippen molar-refractivity contribution in [3.05, 3.63) is 45.3 Å². The first kappa shape index (κ1) is 17.2. The second-order valence-electron chi connectivity index (χ2n) is 5.39. The fourth-order valence-electron chi connectivity index (χ4n) is 2.95. The lowest BCUT2D eigenvalue weighted by Crippen LogP contribution is -2.26. The number of hydrogen-bond donors (Lipinski definition) is 2. The molecule has 0 radical (unpaired) electrons. The first-order chi connectivity index (χ1) is 11.4. The smallest absolute Gasteiger partial charge is 0.338 e. The number of ether oxygens (including phenoxy) is 2. The summed E-state index contributed by atoms with van der Waals surface area (Å²) in [5.74, 6) is -1.07. The molecule has 0 bridgehead atoms. The van der Waals surface area contributed by atoms with Crippen LogP contribution in [0.25, 0.3) is 0 Å². The van der Waals surface area contributed by atoms with Gasteiger partial charge >= 0.3 is 5.97 Å². The van der Waals surface area contributed by atoms with Crippen molar-refractivity contribution in [3.8, 4) is 12.1 Å². The van der Waals surface area contributed by atoms with E-state index in [1.54, 1.807) is 27.7 Å². The number of aromatic nitrogens is 1. The molecule has 0 amide bonds. The van der Waals surface area contributed by atoms with Gasteiger partial charge in [0.25, 0.3) is 0 Å². The Morgan fingerprint density at radius 3 is 2.50 bits per heavy atom. The summed E-state index contributed by atoms with van der Waals surface area (Å²) in [7, 11) is 0. The maximum atomic E-state index is 12.5. The molecule has 1 aromatic rings. The van der Waals surface area contributed by atoms with Crippen LogP contribution >= 0.6 is 0 Å². The molecular weight excluding hydrogens is 308 g/mol. The summed E-state index contributed by atoms with van der Waals surface area (Å²) in [5.41, 5.74) is 8.59. The van der Waals surface area contributed by atoms with Crippen LogP contribution in [0.5, 0.6) is 0 Å². The van der Waals surface area contributed by atoms with Crippen molar-refractivity contribution in [1.29, 1.82) is 10.5 Å². The monoisotopic (exact) mass is 326 g/mol. The Balaban J connectivity index is 2.75. The van der Waals surface area contributed by atoms with E-state index in [-0.39, 0.29) is 29.4 Å². The van der Waals surface area contributed by atoms with Gasteiger partial charge in [0.2, 0.25) is 5.88 Å². The van der Waals surface area contributed by atoms with Crippen LogP contribution in [0.4, 0.5) is 0 Å². The van der Waals surface area contributed by atoms with Crippen molar-refractivity contribution in [2.24, 2.45) is 5.73 Å². The number of nitrogens with one attached hydrogen (secondary N) is 1. The molecule has 24 heavy (non-hydrogen) atoms. The van der Waals surface area contributed by atoms with Gasteiger partial charge in [-0.05, 0) is 38.8 Å². The molecule has 2 rings (SSSR count). The fraction of sp³-hybridized carbons (Fsp3) is 0.353. The summed E-state index contributed by atoms with van der Waals surface area (Å²) in [6, 6.07) is 4.09. The average molecular weight is 326 g/mol. The number of aromatic amines is 1. The summed E-state index contributed by atoms with van der Waals surface area (Å²) >= 11 is 0. The molecule has 7 nitrogen and oxygen atoms in total. The number of aryl methyl sites for hydroxylation is 1. The van der Waals surface area contributed by atoms with E-state index < -0.39 is 11.9 Å². The average Bonchev–Trinajstić information content (AvgIpc) is 2.80. The molecule has 0 spiro atoms. The van der Waals surface area contributed by atoms with E-state index in [9.17, 15) is 15.3 Å². The standard InChI is InChI=1S/C17H18N4O3/c1-5-23-17(22)14-10(4)24-16(20)11(6-18)15(14)13-8(2)12(7-19)21-9(13)3/h15,21H,5,20H2,1-4H3. The number of nitrogens with two attached hydrogens (primary N) is 1. The van der Waals surface area contributed by atoms with E-state index in [0.29, 0.717) is 22.5 Å². The van der Waals surface area contributed by atoms with Crippen LogP contribution in [0.2, 0.25) is 0 Å². The summed E-state index contributed by atoms with van der Waals surface area (Å²) < 4.78 is 10.5. The molecule has 0 fully saturated rings. The van der Waals surface area contributed by atoms with Crippen LogP contribution in [0.15, 0.2) is 22.8 Å². The lowest BCUT2D eigenvalue weighted by atomic mass is 9.81. The van der Waals surface area contributed by atoms with Crippen molar-refractivity contribution < 1.29 is 14.3 Å². The highest BCUT2D eigenvalue weighted by Crippen LogP contribution is 2.42. The Kier molecular flexibility index (Phi) is 4.66. The van der Waals surface area contributed by atoms with Gasteiger partial charge in [0.05, 0.1) is 18.1 Å². The number of nitrogens with zero attached hydrogens (tertiary/aromatic N) is 2. The second kappa shape index (κ2) is 6.51. The normalized spacial score (nSPS) is 17.2. The summed E-state index contributed by atoms with van der Waals surface area (Å²) in [6.07, 6.45) is 0. The third kappa shape index (κ3) is 2.61. The molecule has 3 N–H and O–H groups in total. The molecule has 1 aliphatic rings. The van der Waals surface area contributed by atoms with E-state index in [1.165, 1.54) is 0 Å². The first-order valence-electron chi connectivity index (χ1n) is 7.41. The molecule has 7 heteroatoms. The number of esters is 1. The van der Waals surface area contributed by atoms with Crippen molar-refractivity contribution >= 4 is 5.97 Å². The number of rotatable bonds is 3. The molecule has 1 aliphatic heterocycles. The molecule has 2 heterocycles. The SMILES string of the molecule is CCOC(=O)C1=C(C)OC(N)=C(C#N)C1c1c(C)[nH]c(C#N)c1C. The summed E-state index contributed by atoms with van der Waals surface area (Å²) in [4.78, 5) is 15.4. The van der Waals surface area contributed by atoms with Crippen molar-refractivity contribution in [2.45, 2.75) is 33.6 Å². The molecule has 1 aromatic heterocycles. The summed E-state index contributed by atoms with van der Waals surface area (Å²) in [5, 5.41) is 18.8. The maximum absolute atomic E-state index is 12.5. The van der Waals surface area contributed by atoms with E-state index in [2.05, 4.69) is 11.1 Å². The zero-order valence-corrected chi connectivity index (χ0v) is 14.0. The third-order valence-electron chi connectivity index (χ3n) is 4.00. The van der Waals surface area contributed by atoms with Gasteiger partial charge in [0.15, 0.2) is 0 Å². The van der Waals surface area contributed by atoms with Gasteiger partial charge in [0, 0.05) is 5.69 Å². The second-order valence-corrected chi connectivity index (χ2v) is 5.39. The zero-order valence-electron chi connectivity index (χ0n) is 14.0. The third-order valence-corrected chi connectivity index (χ3v) is 4.00. The predicted molar refractivity (Wildman–Crippen MR) is 85.0 cm³/mol. The van der Waals surface area contributed by atoms with Crippen LogP contribution < -0.4 is 5.73 Å². The van der Waals surface area contributed by atoms with Crippen molar-refractivity contribution in [2.75, 3.05) is 6.61 Å². The Morgan fingerprint density at radius 2 is 2.00 bits per heavy atom. The molecule has 1 atom stereocenters. The molecule has 0 saturated carbocycles. The largest absolute Gasteiger partial charge is 0.463 e. The molecule has 0 aromatic carbocycles. The van der Waals surface area contributed by atoms with Gasteiger partial charge in [0.1, 0.15) is 29.2 Å². The quantitative estimate of drug-likeness (QED) is 0.820. The van der Waals surface area contributed by atoms with Gasteiger partial charge in [-0.15, -0.1) is 0 Å². The number of hydrogen-bond acceptors (Lipinski definition) is 6. The molecule has 0 saturated heterocycles. The Hall–Kier alpha value is -3.19. The summed E-state index contributed by atoms with van der Waals surface area (Å²) in [6.45, 7) is 7.03. The van der Waals surface area contributed by atoms with E-state index in [4.69, 9.17) is 15.2 Å². The molecule has 1 unspecified atom stereocenters. The molecule has 124 valence electrons. The lowest BCUT2D eigenvalue weighted by Gasteiger charge is -2.27. The van der Waals surface area contributed by atoms with Crippen molar-refractivity contribution in [3.63, 3.8) is 0 Å². The van der Waals surface area contributed by atoms with Gasteiger partial charge in [-0.2, -0.15) is 10.5 Å². The number of nitriles is 2. The number of allylic oxidation sites excluding steroid dienone is 2. The predicted octanol–water partition coefficient (Wildman–Crippen LogP) is 2.15. The van der Waals surface area contributed by atoms with Crippen LogP contribution in [0, 0.1) is 36.5 Å². The van der Waals surface area contributed by atoms with Gasteiger partial charge in [-0.25, -0.2) is 4.79 Å². The molecule has 0 aliphatic carbocycles. The van der Waals surface area contributed by atoms with Crippen LogP contribution in [-0.4, -0.2) is 17.6 Å². The minimum Gasteiger partial charge on any atom is -0.463 e. The number of H-pyrrole nitrogens is 1. The minimum absolute atomic E-state index is 0.0495. The Bertz CT molecular complexity index is 846. The number of carbonyl (C=O) groups excluding carboxylic acids is 1. The highest BCUT2D eigenvalue weighted by molar-refractivity contribution is 5.92. The highest BCUT2D eigenvalue weighted by Gasteiger charge is 2.38. The van der Waals surface area contributed by atoms with Crippen molar-refractivity contribution in [1.82, 2.24) is 4.98 Å². The van der Waals surface area contributed by atoms with E-state index >= 15 is 0 Å². The number of carbonyl (C=O) groups is 1. The van der Waals surface area contributed by atoms with E-state index in [0.717, 1.165) is 0 Å². The fourth-order valence-corrected chi connectivity index (χ4v) is 2.95. The Morgan fingerprint density at radius 1 is 1.33 bits per heavy atom. The van der Waals surface area contributed by atoms with E-state index in [1.807, 2.05) is 6.07 Å². The molecular formula is C17H18N4O3. The highest BCUT2D eigenvalue weighted by atomic mass is 16.5. The van der Waals surface area contributed by atoms with Crippen LogP contribution in [0.3, 0.4) is 0 Å². The van der Waals surface area contributed by atoms with Crippen LogP contribution in [-0.2, 0) is 14.3 Å². The maximum Gasteiger partial charge on any atom is 0.338 e. The van der Waals surface area contributed by atoms with Gasteiger partial charge in [-0.1, -0.05) is 0 Å².